The molecule has 1 rings (SSSR count). The Hall–Kier alpha value is -1.96. The predicted octanol–water partition coefficient (Wildman–Crippen LogP) is 1.87. The molecule has 0 spiro atoms. The van der Waals surface area contributed by atoms with Gasteiger partial charge in [-0.1, -0.05) is 0 Å². The Morgan fingerprint density at radius 1 is 1.44 bits per heavy atom. The highest BCUT2D eigenvalue weighted by molar-refractivity contribution is 5.61. The number of hydrogen-bond donors (Lipinski definition) is 2. The van der Waals surface area contributed by atoms with Crippen LogP contribution < -0.4 is 11.1 Å². The molecule has 0 fully saturated rings. The maximum absolute atomic E-state index is 11.7. The molecule has 18 heavy (non-hydrogen) atoms. The number of alkyl halides is 2. The Bertz CT molecular complexity index is 415. The number of non-ortho nitro benzene ring substituents is 1. The standard InChI is InChI=1S/C10H13F2N3O3/c11-10(12)6-18-2-1-14-8-3-7(13)4-9(5-8)15(16)17/h3-5,10,14H,1-2,6,13H2. The first kappa shape index (κ1) is 14.1. The Labute approximate surface area is 102 Å². The van der Waals surface area contributed by atoms with Gasteiger partial charge in [0.05, 0.1) is 11.5 Å². The van der Waals surface area contributed by atoms with Gasteiger partial charge in [0.25, 0.3) is 12.1 Å². The molecule has 0 amide bonds. The van der Waals surface area contributed by atoms with Gasteiger partial charge in [0, 0.05) is 30.1 Å². The van der Waals surface area contributed by atoms with E-state index in [1.54, 1.807) is 0 Å². The van der Waals surface area contributed by atoms with Crippen molar-refractivity contribution in [3.05, 3.63) is 28.3 Å². The fourth-order valence-electron chi connectivity index (χ4n) is 1.28. The van der Waals surface area contributed by atoms with Crippen LogP contribution in [0.15, 0.2) is 18.2 Å². The van der Waals surface area contributed by atoms with Crippen LogP contribution in [0.1, 0.15) is 0 Å². The second kappa shape index (κ2) is 6.70. The molecule has 0 radical (unpaired) electrons. The van der Waals surface area contributed by atoms with E-state index in [2.05, 4.69) is 10.1 Å². The van der Waals surface area contributed by atoms with Crippen LogP contribution in [0.25, 0.3) is 0 Å². The number of benzene rings is 1. The number of anilines is 2. The molecule has 3 N–H and O–H groups in total. The quantitative estimate of drug-likeness (QED) is 0.338. The fraction of sp³-hybridized carbons (Fsp3) is 0.400. The van der Waals surface area contributed by atoms with Gasteiger partial charge in [-0.05, 0) is 6.07 Å². The molecule has 0 aliphatic carbocycles. The smallest absolute Gasteiger partial charge is 0.273 e. The summed E-state index contributed by atoms with van der Waals surface area (Å²) in [6.07, 6.45) is -2.50. The van der Waals surface area contributed by atoms with Gasteiger partial charge >= 0.3 is 0 Å². The van der Waals surface area contributed by atoms with Gasteiger partial charge < -0.3 is 15.8 Å². The molecule has 100 valence electrons. The van der Waals surface area contributed by atoms with Crippen LogP contribution in [-0.4, -0.2) is 31.1 Å². The van der Waals surface area contributed by atoms with Gasteiger partial charge in [0.15, 0.2) is 0 Å². The summed E-state index contributed by atoms with van der Waals surface area (Å²) in [5.41, 5.74) is 6.06. The molecular weight excluding hydrogens is 248 g/mol. The molecule has 1 aromatic carbocycles. The van der Waals surface area contributed by atoms with Crippen molar-refractivity contribution in [1.29, 1.82) is 0 Å². The van der Waals surface area contributed by atoms with Crippen LogP contribution in [0.4, 0.5) is 25.8 Å². The normalized spacial score (nSPS) is 10.6. The number of halogens is 2. The second-order valence-corrected chi connectivity index (χ2v) is 3.46. The SMILES string of the molecule is Nc1cc(NCCOCC(F)F)cc([N+](=O)[O-])c1. The minimum Gasteiger partial charge on any atom is -0.398 e. The first-order valence-electron chi connectivity index (χ1n) is 5.14. The Morgan fingerprint density at radius 2 is 2.17 bits per heavy atom. The number of nitro groups is 1. The van der Waals surface area contributed by atoms with Crippen LogP contribution >= 0.6 is 0 Å². The Morgan fingerprint density at radius 3 is 2.78 bits per heavy atom. The molecule has 0 aromatic heterocycles. The molecule has 0 saturated heterocycles. The molecule has 0 unspecified atom stereocenters. The summed E-state index contributed by atoms with van der Waals surface area (Å²) in [6.45, 7) is -0.293. The summed E-state index contributed by atoms with van der Waals surface area (Å²) in [5, 5.41) is 13.4. The van der Waals surface area contributed by atoms with E-state index < -0.39 is 18.0 Å². The molecule has 8 heteroatoms. The maximum Gasteiger partial charge on any atom is 0.273 e. The topological polar surface area (TPSA) is 90.4 Å². The third kappa shape index (κ3) is 4.91. The van der Waals surface area contributed by atoms with Gasteiger partial charge in [-0.2, -0.15) is 0 Å². The largest absolute Gasteiger partial charge is 0.398 e. The molecule has 1 aromatic rings. The number of rotatable bonds is 7. The van der Waals surface area contributed by atoms with E-state index in [0.29, 0.717) is 5.69 Å². The molecule has 0 heterocycles. The summed E-state index contributed by atoms with van der Waals surface area (Å²) >= 11 is 0. The van der Waals surface area contributed by atoms with Gasteiger partial charge in [0.2, 0.25) is 0 Å². The van der Waals surface area contributed by atoms with Crippen molar-refractivity contribution in [1.82, 2.24) is 0 Å². The van der Waals surface area contributed by atoms with Crippen molar-refractivity contribution < 1.29 is 18.4 Å². The molecule has 0 aliphatic rings. The van der Waals surface area contributed by atoms with Crippen molar-refractivity contribution in [2.24, 2.45) is 0 Å². The third-order valence-electron chi connectivity index (χ3n) is 1.97. The number of ether oxygens (including phenoxy) is 1. The summed E-state index contributed by atoms with van der Waals surface area (Å²) in [7, 11) is 0. The number of nitrogens with two attached hydrogens (primary N) is 1. The Kier molecular flexibility index (Phi) is 5.25. The highest BCUT2D eigenvalue weighted by Crippen LogP contribution is 2.21. The lowest BCUT2D eigenvalue weighted by atomic mass is 10.2. The van der Waals surface area contributed by atoms with E-state index in [0.717, 1.165) is 0 Å². The second-order valence-electron chi connectivity index (χ2n) is 3.46. The van der Waals surface area contributed by atoms with Crippen molar-refractivity contribution in [2.75, 3.05) is 30.8 Å². The first-order valence-corrected chi connectivity index (χ1v) is 5.14. The van der Waals surface area contributed by atoms with Crippen LogP contribution in [0.2, 0.25) is 0 Å². The number of nitrogen functional groups attached to an aromatic ring is 1. The van der Waals surface area contributed by atoms with Crippen molar-refractivity contribution >= 4 is 17.1 Å². The van der Waals surface area contributed by atoms with Gasteiger partial charge in [-0.15, -0.1) is 0 Å². The first-order chi connectivity index (χ1) is 8.49. The van der Waals surface area contributed by atoms with Crippen LogP contribution in [0.3, 0.4) is 0 Å². The molecule has 0 saturated carbocycles. The minimum atomic E-state index is -2.50. The van der Waals surface area contributed by atoms with Crippen LogP contribution in [0, 0.1) is 10.1 Å². The van der Waals surface area contributed by atoms with E-state index in [-0.39, 0.29) is 24.5 Å². The Balaban J connectivity index is 2.44. The monoisotopic (exact) mass is 261 g/mol. The molecule has 0 bridgehead atoms. The average Bonchev–Trinajstić information content (AvgIpc) is 2.27. The minimum absolute atomic E-state index is 0.0763. The summed E-state index contributed by atoms with van der Waals surface area (Å²) in [6, 6.07) is 4.06. The summed E-state index contributed by atoms with van der Waals surface area (Å²) in [4.78, 5) is 10.0. The lowest BCUT2D eigenvalue weighted by Gasteiger charge is -2.07. The van der Waals surface area contributed by atoms with Gasteiger partial charge in [-0.3, -0.25) is 10.1 Å². The summed E-state index contributed by atoms with van der Waals surface area (Å²) in [5.74, 6) is 0. The van der Waals surface area contributed by atoms with E-state index in [9.17, 15) is 18.9 Å². The van der Waals surface area contributed by atoms with Crippen LogP contribution in [-0.2, 0) is 4.74 Å². The lowest BCUT2D eigenvalue weighted by Crippen LogP contribution is -2.13. The number of hydrogen-bond acceptors (Lipinski definition) is 5. The predicted molar refractivity (Wildman–Crippen MR) is 62.8 cm³/mol. The van der Waals surface area contributed by atoms with Crippen LogP contribution in [0.5, 0.6) is 0 Å². The van der Waals surface area contributed by atoms with Crippen molar-refractivity contribution in [3.8, 4) is 0 Å². The number of nitro benzene ring substituents is 1. The zero-order chi connectivity index (χ0) is 13.5. The van der Waals surface area contributed by atoms with Gasteiger partial charge in [-0.25, -0.2) is 8.78 Å². The molecule has 0 atom stereocenters. The number of nitrogens with zero attached hydrogens (tertiary/aromatic N) is 1. The fourth-order valence-corrected chi connectivity index (χ4v) is 1.28. The zero-order valence-electron chi connectivity index (χ0n) is 9.44. The molecular formula is C10H13F2N3O3. The highest BCUT2D eigenvalue weighted by atomic mass is 19.3. The average molecular weight is 261 g/mol. The van der Waals surface area contributed by atoms with Crippen molar-refractivity contribution in [2.45, 2.75) is 6.43 Å². The van der Waals surface area contributed by atoms with E-state index in [1.165, 1.54) is 18.2 Å². The van der Waals surface area contributed by atoms with Crippen molar-refractivity contribution in [3.63, 3.8) is 0 Å². The van der Waals surface area contributed by atoms with E-state index >= 15 is 0 Å². The molecule has 6 nitrogen and oxygen atoms in total. The zero-order valence-corrected chi connectivity index (χ0v) is 9.44. The van der Waals surface area contributed by atoms with Gasteiger partial charge in [0.1, 0.15) is 6.61 Å². The number of nitrogens with one attached hydrogen (secondary N) is 1. The maximum atomic E-state index is 11.7. The lowest BCUT2D eigenvalue weighted by molar-refractivity contribution is -0.384. The van der Waals surface area contributed by atoms with E-state index in [1.807, 2.05) is 0 Å². The highest BCUT2D eigenvalue weighted by Gasteiger charge is 2.08. The third-order valence-corrected chi connectivity index (χ3v) is 1.97. The van der Waals surface area contributed by atoms with E-state index in [4.69, 9.17) is 5.73 Å². The molecule has 0 aliphatic heterocycles. The summed E-state index contributed by atoms with van der Waals surface area (Å²) < 4.78 is 28.1.